The van der Waals surface area contributed by atoms with Crippen LogP contribution < -0.4 is 19.9 Å². The predicted octanol–water partition coefficient (Wildman–Crippen LogP) is 1.01. The number of amides is 1. The number of nitrogens with one attached hydrogen (secondary N) is 2. The van der Waals surface area contributed by atoms with Gasteiger partial charge in [0.05, 0.1) is 24.5 Å². The Morgan fingerprint density at radius 3 is 2.89 bits per heavy atom. The highest BCUT2D eigenvalue weighted by atomic mass is 32.2. The van der Waals surface area contributed by atoms with Gasteiger partial charge in [0.2, 0.25) is 0 Å². The summed E-state index contributed by atoms with van der Waals surface area (Å²) in [5, 5.41) is 23.1. The Hall–Kier alpha value is -3.23. The lowest BCUT2D eigenvalue weighted by Crippen LogP contribution is -2.34. The van der Waals surface area contributed by atoms with Crippen molar-refractivity contribution < 1.29 is 28.5 Å². The van der Waals surface area contributed by atoms with Crippen LogP contribution in [0, 0.1) is 12.7 Å². The number of benzene rings is 1. The SMILES string of the molecule is C=S(=C)(N)NC(=O)c1cn2ncnc(Nc3ccc(F)cc3OC3COC4C(O)COC34)c2c1C. The van der Waals surface area contributed by atoms with Crippen LogP contribution >= 0.6 is 9.58 Å². The summed E-state index contributed by atoms with van der Waals surface area (Å²) in [6.07, 6.45) is 0.683. The highest BCUT2D eigenvalue weighted by molar-refractivity contribution is 8.24. The first-order valence-electron chi connectivity index (χ1n) is 10.7. The third-order valence-corrected chi connectivity index (χ3v) is 6.42. The van der Waals surface area contributed by atoms with Crippen molar-refractivity contribution in [2.24, 2.45) is 5.14 Å². The molecule has 35 heavy (non-hydrogen) atoms. The molecule has 0 aliphatic carbocycles. The minimum atomic E-state index is -2.26. The van der Waals surface area contributed by atoms with E-state index in [1.807, 2.05) is 0 Å². The van der Waals surface area contributed by atoms with E-state index in [0.29, 0.717) is 28.1 Å². The van der Waals surface area contributed by atoms with Crippen LogP contribution in [0.5, 0.6) is 5.75 Å². The smallest absolute Gasteiger partial charge is 0.263 e. The molecule has 0 bridgehead atoms. The lowest BCUT2D eigenvalue weighted by atomic mass is 10.1. The number of rotatable bonds is 6. The first-order chi connectivity index (χ1) is 16.6. The van der Waals surface area contributed by atoms with E-state index in [1.165, 1.54) is 29.0 Å². The number of hydrogen-bond donors (Lipinski definition) is 4. The minimum absolute atomic E-state index is 0.153. The van der Waals surface area contributed by atoms with E-state index < -0.39 is 45.7 Å². The quantitative estimate of drug-likeness (QED) is 0.361. The van der Waals surface area contributed by atoms with Gasteiger partial charge in [0.25, 0.3) is 5.91 Å². The maximum absolute atomic E-state index is 14.1. The monoisotopic (exact) mass is 504 g/mol. The van der Waals surface area contributed by atoms with Gasteiger partial charge in [0.1, 0.15) is 41.7 Å². The molecule has 1 amide bonds. The van der Waals surface area contributed by atoms with Gasteiger partial charge in [0, 0.05) is 12.3 Å². The second kappa shape index (κ2) is 8.77. The third kappa shape index (κ3) is 4.56. The van der Waals surface area contributed by atoms with Crippen molar-refractivity contribution >= 4 is 44.2 Å². The standard InChI is InChI=1S/C22H25FN6O5S/c1-11-13(22(31)28-35(2,3)24)7-29-18(11)21(25-10-26-29)27-14-5-4-12(23)6-16(14)34-17-9-33-19-15(30)8-32-20(17)19/h4-7,10,15,17,19-20,30H,2-3,8-9,24H2,1H3,(H,28,31)(H,25,26,27). The first kappa shape index (κ1) is 23.5. The molecule has 2 aromatic heterocycles. The van der Waals surface area contributed by atoms with E-state index in [-0.39, 0.29) is 19.0 Å². The average Bonchev–Trinajstić information content (AvgIpc) is 3.45. The zero-order chi connectivity index (χ0) is 24.9. The van der Waals surface area contributed by atoms with E-state index in [1.54, 1.807) is 13.1 Å². The molecule has 4 unspecified atom stereocenters. The number of carbonyl (C=O) groups is 1. The highest BCUT2D eigenvalue weighted by Crippen LogP contribution is 2.35. The first-order valence-corrected chi connectivity index (χ1v) is 12.7. The number of nitrogens with zero attached hydrogens (tertiary/aromatic N) is 3. The number of aliphatic hydroxyl groups is 1. The van der Waals surface area contributed by atoms with Gasteiger partial charge in [-0.1, -0.05) is 9.58 Å². The number of hydrogen-bond acceptors (Lipinski definition) is 9. The van der Waals surface area contributed by atoms with Crippen LogP contribution in [0.15, 0.2) is 30.7 Å². The van der Waals surface area contributed by atoms with Crippen LogP contribution in [-0.2, 0) is 9.47 Å². The van der Waals surface area contributed by atoms with Gasteiger partial charge in [-0.3, -0.25) is 14.7 Å². The molecule has 186 valence electrons. The molecule has 0 radical (unpaired) electrons. The summed E-state index contributed by atoms with van der Waals surface area (Å²) >= 11 is 0. The number of fused-ring (bicyclic) bond motifs is 2. The maximum atomic E-state index is 14.1. The lowest BCUT2D eigenvalue weighted by Gasteiger charge is -2.20. The minimum Gasteiger partial charge on any atom is -0.483 e. The molecule has 5 rings (SSSR count). The van der Waals surface area contributed by atoms with E-state index >= 15 is 0 Å². The molecular formula is C22H25FN6O5S. The summed E-state index contributed by atoms with van der Waals surface area (Å²) in [6, 6.07) is 4.05. The topological polar surface area (TPSA) is 145 Å². The molecule has 2 aliphatic rings. The number of carbonyl (C=O) groups excluding carboxylic acids is 1. The Morgan fingerprint density at radius 1 is 1.34 bits per heavy atom. The average molecular weight is 505 g/mol. The Bertz CT molecular complexity index is 1410. The molecule has 5 N–H and O–H groups in total. The summed E-state index contributed by atoms with van der Waals surface area (Å²) < 4.78 is 35.5. The molecule has 0 saturated carbocycles. The third-order valence-electron chi connectivity index (χ3n) is 5.82. The van der Waals surface area contributed by atoms with Gasteiger partial charge in [0.15, 0.2) is 11.9 Å². The number of anilines is 2. The maximum Gasteiger partial charge on any atom is 0.263 e. The van der Waals surface area contributed by atoms with Crippen molar-refractivity contribution in [2.45, 2.75) is 31.3 Å². The molecule has 4 atom stereocenters. The number of aromatic nitrogens is 3. The second-order valence-electron chi connectivity index (χ2n) is 8.53. The molecule has 0 spiro atoms. The number of aryl methyl sites for hydroxylation is 1. The molecule has 2 aliphatic heterocycles. The Morgan fingerprint density at radius 2 is 2.11 bits per heavy atom. The van der Waals surface area contributed by atoms with Crippen LogP contribution in [0.2, 0.25) is 0 Å². The fraction of sp³-hybridized carbons (Fsp3) is 0.318. The number of halogens is 1. The number of aliphatic hydroxyl groups excluding tert-OH is 1. The Labute approximate surface area is 200 Å². The van der Waals surface area contributed by atoms with E-state index in [2.05, 4.69) is 31.9 Å². The normalized spacial score (nSPS) is 23.9. The van der Waals surface area contributed by atoms with Gasteiger partial charge in [-0.25, -0.2) is 13.9 Å². The second-order valence-corrected chi connectivity index (χ2v) is 10.6. The molecule has 13 heteroatoms. The summed E-state index contributed by atoms with van der Waals surface area (Å²) in [6.45, 7) is 2.10. The van der Waals surface area contributed by atoms with Crippen molar-refractivity contribution in [3.05, 3.63) is 47.7 Å². The van der Waals surface area contributed by atoms with Crippen LogP contribution in [-0.4, -0.2) is 75.0 Å². The summed E-state index contributed by atoms with van der Waals surface area (Å²) in [5.74, 6) is 7.01. The number of nitrogens with two attached hydrogens (primary N) is 1. The molecule has 2 fully saturated rings. The zero-order valence-electron chi connectivity index (χ0n) is 18.8. The largest absolute Gasteiger partial charge is 0.483 e. The molecule has 2 saturated heterocycles. The van der Waals surface area contributed by atoms with Crippen LogP contribution in [0.25, 0.3) is 5.52 Å². The molecule has 3 aromatic rings. The Kier molecular flexibility index (Phi) is 5.89. The predicted molar refractivity (Wildman–Crippen MR) is 131 cm³/mol. The van der Waals surface area contributed by atoms with Gasteiger partial charge in [-0.2, -0.15) is 5.10 Å². The summed E-state index contributed by atoms with van der Waals surface area (Å²) in [4.78, 5) is 17.0. The van der Waals surface area contributed by atoms with Crippen molar-refractivity contribution in [1.29, 1.82) is 0 Å². The van der Waals surface area contributed by atoms with Crippen LogP contribution in [0.3, 0.4) is 0 Å². The lowest BCUT2D eigenvalue weighted by molar-refractivity contribution is 0.00871. The summed E-state index contributed by atoms with van der Waals surface area (Å²) in [7, 11) is -2.26. The fourth-order valence-electron chi connectivity index (χ4n) is 4.25. The van der Waals surface area contributed by atoms with Crippen LogP contribution in [0.4, 0.5) is 15.9 Å². The van der Waals surface area contributed by atoms with Crippen LogP contribution in [0.1, 0.15) is 15.9 Å². The molecule has 1 aromatic carbocycles. The Balaban J connectivity index is 1.46. The molecular weight excluding hydrogens is 479 g/mol. The zero-order valence-corrected chi connectivity index (χ0v) is 19.6. The van der Waals surface area contributed by atoms with Gasteiger partial charge >= 0.3 is 0 Å². The van der Waals surface area contributed by atoms with Gasteiger partial charge < -0.3 is 24.6 Å². The van der Waals surface area contributed by atoms with E-state index in [9.17, 15) is 14.3 Å². The van der Waals surface area contributed by atoms with E-state index in [0.717, 1.165) is 0 Å². The number of ether oxygens (including phenoxy) is 3. The van der Waals surface area contributed by atoms with Crippen molar-refractivity contribution in [1.82, 2.24) is 19.3 Å². The highest BCUT2D eigenvalue weighted by Gasteiger charge is 2.48. The summed E-state index contributed by atoms with van der Waals surface area (Å²) in [5.41, 5.74) is 1.90. The van der Waals surface area contributed by atoms with E-state index in [4.69, 9.17) is 19.3 Å². The van der Waals surface area contributed by atoms with Gasteiger partial charge in [-0.05, 0) is 36.4 Å². The molecule has 11 nitrogen and oxygen atoms in total. The fourth-order valence-corrected chi connectivity index (χ4v) is 4.73. The van der Waals surface area contributed by atoms with Gasteiger partial charge in [-0.15, -0.1) is 0 Å². The molecule has 4 heterocycles. The van der Waals surface area contributed by atoms with Crippen molar-refractivity contribution in [2.75, 3.05) is 18.5 Å². The van der Waals surface area contributed by atoms with Crippen molar-refractivity contribution in [3.63, 3.8) is 0 Å². The van der Waals surface area contributed by atoms with Crippen molar-refractivity contribution in [3.8, 4) is 5.75 Å².